The van der Waals surface area contributed by atoms with E-state index >= 15 is 0 Å². The van der Waals surface area contributed by atoms with Gasteiger partial charge in [0.25, 0.3) is 0 Å². The van der Waals surface area contributed by atoms with Crippen molar-refractivity contribution in [3.05, 3.63) is 24.3 Å². The molecule has 0 amide bonds. The molecule has 0 unspecified atom stereocenters. The minimum atomic E-state index is -0.543. The summed E-state index contributed by atoms with van der Waals surface area (Å²) in [6.45, 7) is 1.80. The van der Waals surface area contributed by atoms with Crippen molar-refractivity contribution in [2.45, 2.75) is 18.6 Å². The van der Waals surface area contributed by atoms with Gasteiger partial charge in [-0.1, -0.05) is 0 Å². The molecule has 0 aromatic heterocycles. The van der Waals surface area contributed by atoms with Crippen LogP contribution in [0.2, 0.25) is 0 Å². The first kappa shape index (κ1) is 12.4. The van der Waals surface area contributed by atoms with Crippen LogP contribution < -0.4 is 0 Å². The molecule has 2 atom stereocenters. The maximum atomic E-state index is 10.8. The number of rotatable bonds is 4. The van der Waals surface area contributed by atoms with Crippen molar-refractivity contribution in [2.24, 2.45) is 0 Å². The highest BCUT2D eigenvalue weighted by Gasteiger charge is 2.48. The molecule has 0 aromatic carbocycles. The lowest BCUT2D eigenvalue weighted by Crippen LogP contribution is -2.06. The van der Waals surface area contributed by atoms with Crippen molar-refractivity contribution in [2.75, 3.05) is 14.2 Å². The minimum absolute atomic E-state index is 0.215. The molecule has 5 heteroatoms. The number of hydrogen-bond donors (Lipinski definition) is 0. The average Bonchev–Trinajstić information content (AvgIpc) is 2.94. The number of carbonyl (C=O) groups excluding carboxylic acids is 2. The van der Waals surface area contributed by atoms with Gasteiger partial charge in [0.15, 0.2) is 0 Å². The van der Waals surface area contributed by atoms with Gasteiger partial charge in [-0.2, -0.15) is 0 Å². The Balaban J connectivity index is 2.47. The number of esters is 2. The van der Waals surface area contributed by atoms with Crippen molar-refractivity contribution in [1.29, 1.82) is 0 Å². The molecular formula is C11H14O5. The molecule has 0 spiro atoms. The molecule has 0 N–H and O–H groups in total. The first-order valence-electron chi connectivity index (χ1n) is 4.73. The maximum absolute atomic E-state index is 10.8. The minimum Gasteiger partial charge on any atom is -0.466 e. The van der Waals surface area contributed by atoms with Gasteiger partial charge in [0.2, 0.25) is 0 Å². The Hall–Kier alpha value is -1.62. The number of epoxide rings is 1. The third kappa shape index (κ3) is 3.20. The van der Waals surface area contributed by atoms with Gasteiger partial charge in [0.1, 0.15) is 11.7 Å². The normalized spacial score (nSPS) is 28.3. The average molecular weight is 226 g/mol. The Kier molecular flexibility index (Phi) is 3.84. The fourth-order valence-electron chi connectivity index (χ4n) is 1.14. The van der Waals surface area contributed by atoms with Crippen molar-refractivity contribution < 1.29 is 23.8 Å². The van der Waals surface area contributed by atoms with E-state index in [0.29, 0.717) is 0 Å². The highest BCUT2D eigenvalue weighted by Crippen LogP contribution is 2.38. The molecule has 1 aliphatic rings. The third-order valence-electron chi connectivity index (χ3n) is 2.25. The zero-order chi connectivity index (χ0) is 12.2. The van der Waals surface area contributed by atoms with Crippen LogP contribution in [-0.2, 0) is 23.8 Å². The summed E-state index contributed by atoms with van der Waals surface area (Å²) < 4.78 is 14.2. The third-order valence-corrected chi connectivity index (χ3v) is 2.25. The van der Waals surface area contributed by atoms with E-state index in [1.807, 2.05) is 0 Å². The smallest absolute Gasteiger partial charge is 0.330 e. The van der Waals surface area contributed by atoms with E-state index in [9.17, 15) is 9.59 Å². The summed E-state index contributed by atoms with van der Waals surface area (Å²) in [6.07, 6.45) is 5.57. The van der Waals surface area contributed by atoms with E-state index in [2.05, 4.69) is 9.47 Å². The van der Waals surface area contributed by atoms with E-state index in [1.165, 1.54) is 26.4 Å². The number of carbonyl (C=O) groups is 2. The highest BCUT2D eigenvalue weighted by atomic mass is 16.6. The van der Waals surface area contributed by atoms with Crippen LogP contribution in [0.4, 0.5) is 0 Å². The van der Waals surface area contributed by atoms with Gasteiger partial charge in [-0.25, -0.2) is 9.59 Å². The Morgan fingerprint density at radius 3 is 2.31 bits per heavy atom. The van der Waals surface area contributed by atoms with Crippen LogP contribution in [0, 0.1) is 0 Å². The molecule has 16 heavy (non-hydrogen) atoms. The van der Waals surface area contributed by atoms with E-state index in [1.54, 1.807) is 19.1 Å². The monoisotopic (exact) mass is 226 g/mol. The molecule has 1 saturated heterocycles. The zero-order valence-corrected chi connectivity index (χ0v) is 9.43. The molecule has 88 valence electrons. The lowest BCUT2D eigenvalue weighted by molar-refractivity contribution is -0.135. The van der Waals surface area contributed by atoms with E-state index in [-0.39, 0.29) is 6.10 Å². The van der Waals surface area contributed by atoms with Crippen LogP contribution in [0.5, 0.6) is 0 Å². The van der Waals surface area contributed by atoms with Crippen LogP contribution in [0.1, 0.15) is 6.92 Å². The van der Waals surface area contributed by atoms with Gasteiger partial charge in [0.05, 0.1) is 14.2 Å². The van der Waals surface area contributed by atoms with Crippen LogP contribution in [0.3, 0.4) is 0 Å². The second kappa shape index (κ2) is 4.94. The maximum Gasteiger partial charge on any atom is 0.330 e. The quantitative estimate of drug-likeness (QED) is 0.399. The first-order chi connectivity index (χ1) is 7.51. The molecule has 1 heterocycles. The van der Waals surface area contributed by atoms with Crippen LogP contribution >= 0.6 is 0 Å². The molecule has 1 fully saturated rings. The van der Waals surface area contributed by atoms with Gasteiger partial charge in [-0.3, -0.25) is 0 Å². The molecule has 0 saturated carbocycles. The molecule has 1 aliphatic heterocycles. The molecular weight excluding hydrogens is 212 g/mol. The Bertz CT molecular complexity index is 344. The van der Waals surface area contributed by atoms with Gasteiger partial charge >= 0.3 is 11.9 Å². The Morgan fingerprint density at radius 1 is 1.19 bits per heavy atom. The van der Waals surface area contributed by atoms with Gasteiger partial charge in [-0.05, 0) is 19.1 Å². The topological polar surface area (TPSA) is 65.1 Å². The number of ether oxygens (including phenoxy) is 3. The highest BCUT2D eigenvalue weighted by molar-refractivity contribution is 5.82. The summed E-state index contributed by atoms with van der Waals surface area (Å²) in [6, 6.07) is 0. The van der Waals surface area contributed by atoms with E-state index in [4.69, 9.17) is 4.74 Å². The number of hydrogen-bond acceptors (Lipinski definition) is 5. The predicted molar refractivity (Wildman–Crippen MR) is 55.6 cm³/mol. The fraction of sp³-hybridized carbons (Fsp3) is 0.455. The van der Waals surface area contributed by atoms with Crippen molar-refractivity contribution in [1.82, 2.24) is 0 Å². The number of methoxy groups -OCH3 is 2. The lowest BCUT2D eigenvalue weighted by Gasteiger charge is -1.95. The summed E-state index contributed by atoms with van der Waals surface area (Å²) in [7, 11) is 2.61. The SMILES string of the molecule is COC(=O)/C=C/[C@H]1O[C@]1(C)/C=C/C(=O)OC. The predicted octanol–water partition coefficient (Wildman–Crippen LogP) is 0.602. The molecule has 0 aromatic rings. The summed E-state index contributed by atoms with van der Waals surface area (Å²) in [5, 5.41) is 0. The van der Waals surface area contributed by atoms with Crippen molar-refractivity contribution in [3.63, 3.8) is 0 Å². The first-order valence-corrected chi connectivity index (χ1v) is 4.73. The van der Waals surface area contributed by atoms with Gasteiger partial charge < -0.3 is 14.2 Å². The second-order valence-electron chi connectivity index (χ2n) is 3.46. The van der Waals surface area contributed by atoms with E-state index in [0.717, 1.165) is 0 Å². The Morgan fingerprint density at radius 2 is 1.75 bits per heavy atom. The summed E-state index contributed by atoms with van der Waals surface area (Å²) in [4.78, 5) is 21.7. The van der Waals surface area contributed by atoms with Crippen LogP contribution in [-0.4, -0.2) is 37.9 Å². The summed E-state index contributed by atoms with van der Waals surface area (Å²) in [5.41, 5.74) is -0.543. The van der Waals surface area contributed by atoms with E-state index < -0.39 is 17.5 Å². The van der Waals surface area contributed by atoms with Crippen molar-refractivity contribution >= 4 is 11.9 Å². The zero-order valence-electron chi connectivity index (χ0n) is 9.43. The summed E-state index contributed by atoms with van der Waals surface area (Å²) >= 11 is 0. The lowest BCUT2D eigenvalue weighted by atomic mass is 10.1. The second-order valence-corrected chi connectivity index (χ2v) is 3.46. The molecule has 5 nitrogen and oxygen atoms in total. The molecule has 0 bridgehead atoms. The largest absolute Gasteiger partial charge is 0.466 e. The van der Waals surface area contributed by atoms with Crippen LogP contribution in [0.15, 0.2) is 24.3 Å². The van der Waals surface area contributed by atoms with Gasteiger partial charge in [0, 0.05) is 12.2 Å². The van der Waals surface area contributed by atoms with Gasteiger partial charge in [-0.15, -0.1) is 0 Å². The molecule has 0 radical (unpaired) electrons. The van der Waals surface area contributed by atoms with Crippen LogP contribution in [0.25, 0.3) is 0 Å². The fourth-order valence-corrected chi connectivity index (χ4v) is 1.14. The molecule has 1 rings (SSSR count). The molecule has 0 aliphatic carbocycles. The van der Waals surface area contributed by atoms with Crippen molar-refractivity contribution in [3.8, 4) is 0 Å². The standard InChI is InChI=1S/C11H14O5/c1-11(7-6-10(13)15-3)8(16-11)4-5-9(12)14-2/h4-8H,1-3H3/b5-4+,7-6+/t8-,11-/m1/s1. The Labute approximate surface area is 93.7 Å². The summed E-state index contributed by atoms with van der Waals surface area (Å²) in [5.74, 6) is -0.873.